The summed E-state index contributed by atoms with van der Waals surface area (Å²) in [6, 6.07) is 6.08. The predicted molar refractivity (Wildman–Crippen MR) is 78.6 cm³/mol. The first kappa shape index (κ1) is 16.2. The lowest BCUT2D eigenvalue weighted by atomic mass is 10.1. The molecule has 1 amide bonds. The zero-order valence-electron chi connectivity index (χ0n) is 10.8. The first-order valence-electron chi connectivity index (χ1n) is 6.04. The Bertz CT molecular complexity index is 473. The number of amides is 1. The Morgan fingerprint density at radius 3 is 2.60 bits per heavy atom. The van der Waals surface area contributed by atoms with Crippen LogP contribution in [0.4, 0.5) is 0 Å². The van der Waals surface area contributed by atoms with Gasteiger partial charge in [-0.25, -0.2) is 4.79 Å². The highest BCUT2D eigenvalue weighted by Crippen LogP contribution is 2.15. The molecule has 0 saturated heterocycles. The van der Waals surface area contributed by atoms with Crippen molar-refractivity contribution in [2.24, 2.45) is 0 Å². The van der Waals surface area contributed by atoms with Gasteiger partial charge in [-0.2, -0.15) is 0 Å². The third-order valence-electron chi connectivity index (χ3n) is 2.48. The molecule has 0 aliphatic rings. The molecule has 0 spiro atoms. The van der Waals surface area contributed by atoms with Gasteiger partial charge in [0.15, 0.2) is 6.61 Å². The Hall–Kier alpha value is -1.82. The fourth-order valence-corrected chi connectivity index (χ4v) is 1.72. The maximum absolute atomic E-state index is 11.6. The van der Waals surface area contributed by atoms with E-state index in [1.807, 2.05) is 0 Å². The highest BCUT2D eigenvalue weighted by molar-refractivity contribution is 9.10. The summed E-state index contributed by atoms with van der Waals surface area (Å²) in [5, 5.41) is 11.4. The number of nitrogens with one attached hydrogen (secondary N) is 1. The molecule has 0 bridgehead atoms. The lowest BCUT2D eigenvalue weighted by molar-refractivity contribution is -0.142. The molecule has 1 rings (SSSR count). The van der Waals surface area contributed by atoms with Gasteiger partial charge in [-0.05, 0) is 37.1 Å². The molecule has 0 aliphatic heterocycles. The van der Waals surface area contributed by atoms with Crippen LogP contribution in [0.3, 0.4) is 0 Å². The van der Waals surface area contributed by atoms with Crippen LogP contribution >= 0.6 is 15.9 Å². The van der Waals surface area contributed by atoms with Crippen molar-refractivity contribution in [3.05, 3.63) is 41.4 Å². The molecule has 1 unspecified atom stereocenters. The molecule has 0 fully saturated rings. The lowest BCUT2D eigenvalue weighted by Crippen LogP contribution is -2.42. The number of carboxylic acid groups (broad SMARTS) is 1. The van der Waals surface area contributed by atoms with Crippen molar-refractivity contribution in [3.8, 4) is 5.75 Å². The molecular weight excluding hydrogens is 326 g/mol. The summed E-state index contributed by atoms with van der Waals surface area (Å²) < 4.78 is 6.17. The molecule has 2 N–H and O–H groups in total. The van der Waals surface area contributed by atoms with E-state index in [-0.39, 0.29) is 6.61 Å². The number of ether oxygens (including phenoxy) is 1. The number of hydrogen-bond acceptors (Lipinski definition) is 3. The van der Waals surface area contributed by atoms with E-state index < -0.39 is 17.9 Å². The van der Waals surface area contributed by atoms with Crippen LogP contribution in [0.5, 0.6) is 5.75 Å². The Balaban J connectivity index is 2.43. The minimum Gasteiger partial charge on any atom is -0.484 e. The SMILES string of the molecule is C=CCCC(NC(=O)COc1ccc(Br)cc1)C(=O)O. The number of hydrogen-bond donors (Lipinski definition) is 2. The highest BCUT2D eigenvalue weighted by Gasteiger charge is 2.19. The second-order valence-electron chi connectivity index (χ2n) is 4.07. The molecule has 0 radical (unpaired) electrons. The van der Waals surface area contributed by atoms with Gasteiger partial charge in [0.05, 0.1) is 0 Å². The predicted octanol–water partition coefficient (Wildman–Crippen LogP) is 2.36. The smallest absolute Gasteiger partial charge is 0.326 e. The number of benzene rings is 1. The lowest BCUT2D eigenvalue weighted by Gasteiger charge is -2.14. The van der Waals surface area contributed by atoms with E-state index in [0.717, 1.165) is 4.47 Å². The summed E-state index contributed by atoms with van der Waals surface area (Å²) in [5.74, 6) is -0.991. The standard InChI is InChI=1S/C14H16BrNO4/c1-2-3-4-12(14(18)19)16-13(17)9-20-11-7-5-10(15)6-8-11/h2,5-8,12H,1,3-4,9H2,(H,16,17)(H,18,19). The molecule has 6 heteroatoms. The maximum Gasteiger partial charge on any atom is 0.326 e. The van der Waals surface area contributed by atoms with Crippen molar-refractivity contribution in [2.45, 2.75) is 18.9 Å². The fraction of sp³-hybridized carbons (Fsp3) is 0.286. The molecule has 0 saturated carbocycles. The van der Waals surface area contributed by atoms with Gasteiger partial charge in [0.25, 0.3) is 5.91 Å². The number of rotatable bonds is 8. The van der Waals surface area contributed by atoms with E-state index in [4.69, 9.17) is 9.84 Å². The van der Waals surface area contributed by atoms with Gasteiger partial charge >= 0.3 is 5.97 Å². The van der Waals surface area contributed by atoms with Crippen LogP contribution < -0.4 is 10.1 Å². The number of allylic oxidation sites excluding steroid dienone is 1. The number of halogens is 1. The highest BCUT2D eigenvalue weighted by atomic mass is 79.9. The van der Waals surface area contributed by atoms with Crippen LogP contribution in [0.2, 0.25) is 0 Å². The van der Waals surface area contributed by atoms with Gasteiger partial charge in [-0.15, -0.1) is 6.58 Å². The fourth-order valence-electron chi connectivity index (χ4n) is 1.46. The normalized spacial score (nSPS) is 11.4. The van der Waals surface area contributed by atoms with Gasteiger partial charge in [0.2, 0.25) is 0 Å². The first-order valence-corrected chi connectivity index (χ1v) is 6.83. The third-order valence-corrected chi connectivity index (χ3v) is 3.01. The zero-order valence-corrected chi connectivity index (χ0v) is 12.4. The second-order valence-corrected chi connectivity index (χ2v) is 4.98. The van der Waals surface area contributed by atoms with Crippen LogP contribution in [0.15, 0.2) is 41.4 Å². The number of aliphatic carboxylic acids is 1. The molecule has 0 aromatic heterocycles. The largest absolute Gasteiger partial charge is 0.484 e. The van der Waals surface area contributed by atoms with E-state index in [2.05, 4.69) is 27.8 Å². The van der Waals surface area contributed by atoms with E-state index in [1.54, 1.807) is 30.3 Å². The maximum atomic E-state index is 11.6. The Kier molecular flexibility index (Phi) is 6.79. The molecule has 20 heavy (non-hydrogen) atoms. The summed E-state index contributed by atoms with van der Waals surface area (Å²) in [6.45, 7) is 3.30. The minimum atomic E-state index is -1.07. The topological polar surface area (TPSA) is 75.6 Å². The van der Waals surface area contributed by atoms with Crippen molar-refractivity contribution < 1.29 is 19.4 Å². The average Bonchev–Trinajstić information content (AvgIpc) is 2.42. The third kappa shape index (κ3) is 5.88. The Morgan fingerprint density at radius 2 is 2.05 bits per heavy atom. The van der Waals surface area contributed by atoms with Gasteiger partial charge in [0.1, 0.15) is 11.8 Å². The van der Waals surface area contributed by atoms with Crippen LogP contribution in [0, 0.1) is 0 Å². The monoisotopic (exact) mass is 341 g/mol. The van der Waals surface area contributed by atoms with Gasteiger partial charge in [-0.3, -0.25) is 4.79 Å². The number of carbonyl (C=O) groups is 2. The van der Waals surface area contributed by atoms with Crippen molar-refractivity contribution in [1.29, 1.82) is 0 Å². The molecule has 1 atom stereocenters. The molecule has 1 aromatic rings. The van der Waals surface area contributed by atoms with Crippen molar-refractivity contribution in [1.82, 2.24) is 5.32 Å². The zero-order chi connectivity index (χ0) is 15.0. The number of carbonyl (C=O) groups excluding carboxylic acids is 1. The Labute approximate surface area is 125 Å². The van der Waals surface area contributed by atoms with Crippen molar-refractivity contribution in [3.63, 3.8) is 0 Å². The molecule has 5 nitrogen and oxygen atoms in total. The molecular formula is C14H16BrNO4. The van der Waals surface area contributed by atoms with Crippen LogP contribution in [0.1, 0.15) is 12.8 Å². The van der Waals surface area contributed by atoms with Gasteiger partial charge < -0.3 is 15.2 Å². The summed E-state index contributed by atoms with van der Waals surface area (Å²) in [6.07, 6.45) is 2.44. The summed E-state index contributed by atoms with van der Waals surface area (Å²) >= 11 is 3.29. The average molecular weight is 342 g/mol. The summed E-state index contributed by atoms with van der Waals surface area (Å²) in [5.41, 5.74) is 0. The first-order chi connectivity index (χ1) is 9.52. The molecule has 108 valence electrons. The minimum absolute atomic E-state index is 0.223. The van der Waals surface area contributed by atoms with E-state index in [1.165, 1.54) is 0 Å². The van der Waals surface area contributed by atoms with Crippen molar-refractivity contribution in [2.75, 3.05) is 6.61 Å². The van der Waals surface area contributed by atoms with Gasteiger partial charge in [-0.1, -0.05) is 22.0 Å². The van der Waals surface area contributed by atoms with Crippen LogP contribution in [-0.4, -0.2) is 29.6 Å². The second kappa shape index (κ2) is 8.37. The number of carboxylic acids is 1. The van der Waals surface area contributed by atoms with Crippen LogP contribution in [-0.2, 0) is 9.59 Å². The summed E-state index contributed by atoms with van der Waals surface area (Å²) in [7, 11) is 0. The summed E-state index contributed by atoms with van der Waals surface area (Å²) in [4.78, 5) is 22.6. The Morgan fingerprint density at radius 1 is 1.40 bits per heavy atom. The molecule has 0 heterocycles. The molecule has 1 aromatic carbocycles. The molecule has 0 aliphatic carbocycles. The van der Waals surface area contributed by atoms with Gasteiger partial charge in [0, 0.05) is 4.47 Å². The van der Waals surface area contributed by atoms with E-state index in [9.17, 15) is 9.59 Å². The quantitative estimate of drug-likeness (QED) is 0.711. The van der Waals surface area contributed by atoms with E-state index in [0.29, 0.717) is 18.6 Å². The van der Waals surface area contributed by atoms with Crippen molar-refractivity contribution >= 4 is 27.8 Å². The van der Waals surface area contributed by atoms with E-state index >= 15 is 0 Å². The van der Waals surface area contributed by atoms with Crippen LogP contribution in [0.25, 0.3) is 0 Å².